The van der Waals surface area contributed by atoms with E-state index in [1.165, 1.54) is 12.0 Å². The number of likely N-dealkylation sites (tertiary alicyclic amines) is 2. The minimum atomic E-state index is -0.457. The monoisotopic (exact) mass is 356 g/mol. The summed E-state index contributed by atoms with van der Waals surface area (Å²) in [5.74, 6) is 1.00. The molecule has 3 atom stereocenters. The normalized spacial score (nSPS) is 26.4. The van der Waals surface area contributed by atoms with E-state index in [-0.39, 0.29) is 12.1 Å². The van der Waals surface area contributed by atoms with Crippen molar-refractivity contribution in [2.45, 2.75) is 51.8 Å². The van der Waals surface area contributed by atoms with Crippen molar-refractivity contribution in [3.05, 3.63) is 48.6 Å². The third kappa shape index (κ3) is 4.67. The maximum Gasteiger partial charge on any atom is 0.410 e. The van der Waals surface area contributed by atoms with E-state index in [2.05, 4.69) is 41.8 Å². The molecular weight excluding hydrogens is 324 g/mol. The van der Waals surface area contributed by atoms with Crippen LogP contribution in [-0.2, 0) is 11.3 Å². The number of nitrogens with zero attached hydrogens (tertiary/aromatic N) is 2. The Bertz CT molecular complexity index is 623. The molecule has 2 saturated heterocycles. The molecule has 2 heterocycles. The first kappa shape index (κ1) is 19.0. The Morgan fingerprint density at radius 2 is 1.96 bits per heavy atom. The Kier molecular flexibility index (Phi) is 5.71. The highest BCUT2D eigenvalue weighted by molar-refractivity contribution is 5.69. The lowest BCUT2D eigenvalue weighted by Crippen LogP contribution is -2.59. The Labute approximate surface area is 157 Å². The molecule has 1 amide bonds. The summed E-state index contributed by atoms with van der Waals surface area (Å²) in [7, 11) is 0. The molecule has 4 heteroatoms. The molecule has 3 rings (SSSR count). The lowest BCUT2D eigenvalue weighted by atomic mass is 9.78. The molecule has 4 nitrogen and oxygen atoms in total. The topological polar surface area (TPSA) is 32.8 Å². The van der Waals surface area contributed by atoms with Crippen molar-refractivity contribution >= 4 is 6.09 Å². The number of carbonyl (C=O) groups is 1. The Morgan fingerprint density at radius 3 is 2.62 bits per heavy atom. The van der Waals surface area contributed by atoms with Crippen LogP contribution in [0, 0.1) is 11.8 Å². The van der Waals surface area contributed by atoms with Gasteiger partial charge in [0.15, 0.2) is 0 Å². The van der Waals surface area contributed by atoms with Gasteiger partial charge in [-0.1, -0.05) is 36.4 Å². The quantitative estimate of drug-likeness (QED) is 0.753. The molecule has 0 aromatic heterocycles. The Balaban J connectivity index is 1.71. The van der Waals surface area contributed by atoms with Crippen LogP contribution < -0.4 is 0 Å². The second-order valence-corrected chi connectivity index (χ2v) is 8.77. The zero-order valence-corrected chi connectivity index (χ0v) is 16.4. The number of amides is 1. The molecule has 0 N–H and O–H groups in total. The molecule has 1 aromatic carbocycles. The fourth-order valence-corrected chi connectivity index (χ4v) is 4.42. The van der Waals surface area contributed by atoms with E-state index in [4.69, 9.17) is 4.74 Å². The van der Waals surface area contributed by atoms with Gasteiger partial charge in [0.2, 0.25) is 0 Å². The Hall–Kier alpha value is -1.81. The number of benzene rings is 1. The molecule has 2 aliphatic heterocycles. The molecule has 2 fully saturated rings. The van der Waals surface area contributed by atoms with Crippen molar-refractivity contribution in [3.8, 4) is 0 Å². The predicted octanol–water partition coefficient (Wildman–Crippen LogP) is 4.32. The minimum absolute atomic E-state index is 0.171. The van der Waals surface area contributed by atoms with Gasteiger partial charge in [-0.3, -0.25) is 4.90 Å². The third-order valence-corrected chi connectivity index (χ3v) is 5.33. The molecule has 2 bridgehead atoms. The summed E-state index contributed by atoms with van der Waals surface area (Å²) in [6, 6.07) is 10.8. The number of fused-ring (bicyclic) bond motifs is 2. The minimum Gasteiger partial charge on any atom is -0.444 e. The van der Waals surface area contributed by atoms with Crippen molar-refractivity contribution in [1.82, 2.24) is 9.80 Å². The average molecular weight is 357 g/mol. The first-order valence-electron chi connectivity index (χ1n) is 9.72. The molecule has 2 aliphatic rings. The maximum atomic E-state index is 12.8. The molecule has 2 unspecified atom stereocenters. The zero-order valence-electron chi connectivity index (χ0n) is 16.4. The smallest absolute Gasteiger partial charge is 0.410 e. The summed E-state index contributed by atoms with van der Waals surface area (Å²) in [6.45, 7) is 13.6. The van der Waals surface area contributed by atoms with Gasteiger partial charge in [0, 0.05) is 32.2 Å². The van der Waals surface area contributed by atoms with Crippen LogP contribution in [0.4, 0.5) is 4.79 Å². The lowest BCUT2D eigenvalue weighted by molar-refractivity contribution is -0.0370. The summed E-state index contributed by atoms with van der Waals surface area (Å²) in [5, 5.41) is 0. The first-order chi connectivity index (χ1) is 12.4. The first-order valence-corrected chi connectivity index (χ1v) is 9.72. The number of hydrogen-bond donors (Lipinski definition) is 0. The summed E-state index contributed by atoms with van der Waals surface area (Å²) < 4.78 is 5.68. The molecule has 0 aliphatic carbocycles. The number of carbonyl (C=O) groups excluding carboxylic acids is 1. The van der Waals surface area contributed by atoms with Gasteiger partial charge >= 0.3 is 6.09 Å². The molecule has 1 aromatic rings. The van der Waals surface area contributed by atoms with Gasteiger partial charge in [0.1, 0.15) is 5.60 Å². The molecular formula is C22H32N2O2. The average Bonchev–Trinajstić information content (AvgIpc) is 2.56. The van der Waals surface area contributed by atoms with E-state index in [1.807, 2.05) is 31.7 Å². The summed E-state index contributed by atoms with van der Waals surface area (Å²) in [6.07, 6.45) is 3.80. The van der Waals surface area contributed by atoms with Gasteiger partial charge in [-0.05, 0) is 51.0 Å². The predicted molar refractivity (Wildman–Crippen MR) is 105 cm³/mol. The largest absolute Gasteiger partial charge is 0.444 e. The number of hydrogen-bond acceptors (Lipinski definition) is 3. The summed E-state index contributed by atoms with van der Waals surface area (Å²) in [4.78, 5) is 17.3. The van der Waals surface area contributed by atoms with Crippen molar-refractivity contribution in [3.63, 3.8) is 0 Å². The zero-order chi connectivity index (χ0) is 18.7. The summed E-state index contributed by atoms with van der Waals surface area (Å²) >= 11 is 0. The van der Waals surface area contributed by atoms with E-state index in [9.17, 15) is 4.79 Å². The highest BCUT2D eigenvalue weighted by atomic mass is 16.6. The van der Waals surface area contributed by atoms with Gasteiger partial charge in [0.05, 0.1) is 0 Å². The van der Waals surface area contributed by atoms with Crippen LogP contribution in [0.1, 0.15) is 39.2 Å². The number of rotatable bonds is 4. The Morgan fingerprint density at radius 1 is 1.23 bits per heavy atom. The lowest BCUT2D eigenvalue weighted by Gasteiger charge is -2.50. The van der Waals surface area contributed by atoms with E-state index in [0.717, 1.165) is 32.6 Å². The molecule has 0 radical (unpaired) electrons. The van der Waals surface area contributed by atoms with Gasteiger partial charge in [-0.15, -0.1) is 6.58 Å². The van der Waals surface area contributed by atoms with Crippen LogP contribution in [0.15, 0.2) is 43.0 Å². The molecule has 0 spiro atoms. The maximum absolute atomic E-state index is 12.8. The van der Waals surface area contributed by atoms with E-state index < -0.39 is 5.60 Å². The van der Waals surface area contributed by atoms with Gasteiger partial charge < -0.3 is 9.64 Å². The summed E-state index contributed by atoms with van der Waals surface area (Å²) in [5.41, 5.74) is 0.901. The van der Waals surface area contributed by atoms with Crippen LogP contribution in [0.25, 0.3) is 0 Å². The van der Waals surface area contributed by atoms with Crippen LogP contribution in [0.3, 0.4) is 0 Å². The van der Waals surface area contributed by atoms with Crippen molar-refractivity contribution in [2.24, 2.45) is 11.8 Å². The number of ether oxygens (including phenoxy) is 1. The fourth-order valence-electron chi connectivity index (χ4n) is 4.42. The van der Waals surface area contributed by atoms with Gasteiger partial charge in [-0.2, -0.15) is 0 Å². The third-order valence-electron chi connectivity index (χ3n) is 5.33. The molecule has 142 valence electrons. The van der Waals surface area contributed by atoms with E-state index in [0.29, 0.717) is 11.8 Å². The SMILES string of the molecule is C=CCC1C2C[C@H](CN(Cc3ccccc3)C2)CN1C(=O)OC(C)(C)C. The number of piperidine rings is 2. The van der Waals surface area contributed by atoms with Gasteiger partial charge in [-0.25, -0.2) is 4.79 Å². The highest BCUT2D eigenvalue weighted by Crippen LogP contribution is 2.36. The van der Waals surface area contributed by atoms with Crippen molar-refractivity contribution in [2.75, 3.05) is 19.6 Å². The second kappa shape index (κ2) is 7.83. The van der Waals surface area contributed by atoms with Crippen molar-refractivity contribution in [1.29, 1.82) is 0 Å². The molecule has 0 saturated carbocycles. The fraction of sp³-hybridized carbons (Fsp3) is 0.591. The standard InChI is InChI=1S/C22H32N2O2/c1-5-9-20-19-12-18(15-24(20)21(25)26-22(2,3)4)14-23(16-19)13-17-10-7-6-8-11-17/h5-8,10-11,18-20H,1,9,12-16H2,2-4H3/t18-,19?,20?/m1/s1. The van der Waals surface area contributed by atoms with Crippen LogP contribution in [0.2, 0.25) is 0 Å². The van der Waals surface area contributed by atoms with Crippen LogP contribution in [0.5, 0.6) is 0 Å². The van der Waals surface area contributed by atoms with Crippen molar-refractivity contribution < 1.29 is 9.53 Å². The second-order valence-electron chi connectivity index (χ2n) is 8.77. The van der Waals surface area contributed by atoms with Crippen LogP contribution in [-0.4, -0.2) is 47.2 Å². The molecule has 26 heavy (non-hydrogen) atoms. The van der Waals surface area contributed by atoms with Crippen LogP contribution >= 0.6 is 0 Å². The van der Waals surface area contributed by atoms with E-state index >= 15 is 0 Å². The van der Waals surface area contributed by atoms with E-state index in [1.54, 1.807) is 0 Å². The highest BCUT2D eigenvalue weighted by Gasteiger charge is 2.43. The van der Waals surface area contributed by atoms with Gasteiger partial charge in [0.25, 0.3) is 0 Å².